The molecule has 0 aromatic heterocycles. The third-order valence-electron chi connectivity index (χ3n) is 1.72. The molecule has 3 nitrogen and oxygen atoms in total. The summed E-state index contributed by atoms with van der Waals surface area (Å²) in [5.74, 6) is 0. The van der Waals surface area contributed by atoms with Gasteiger partial charge in [-0.05, 0) is 6.92 Å². The van der Waals surface area contributed by atoms with E-state index in [4.69, 9.17) is 14.2 Å². The molecule has 0 amide bonds. The van der Waals surface area contributed by atoms with Crippen molar-refractivity contribution in [1.82, 2.24) is 0 Å². The SMILES string of the molecule is CC1(C2OCCO2)CO1. The van der Waals surface area contributed by atoms with Gasteiger partial charge in [-0.25, -0.2) is 0 Å². The Balaban J connectivity index is 1.97. The summed E-state index contributed by atoms with van der Waals surface area (Å²) in [6.07, 6.45) is -0.0995. The predicted octanol–water partition coefficient (Wildman–Crippen LogP) is 0.148. The van der Waals surface area contributed by atoms with Gasteiger partial charge in [0, 0.05) is 0 Å². The molecule has 0 radical (unpaired) electrons. The van der Waals surface area contributed by atoms with Crippen molar-refractivity contribution >= 4 is 0 Å². The number of hydrogen-bond donors (Lipinski definition) is 0. The molecule has 0 bridgehead atoms. The molecule has 1 unspecified atom stereocenters. The number of hydrogen-bond acceptors (Lipinski definition) is 3. The average Bonchev–Trinajstić information content (AvgIpc) is 2.46. The van der Waals surface area contributed by atoms with Gasteiger partial charge in [-0.2, -0.15) is 0 Å². The monoisotopic (exact) mass is 130 g/mol. The number of rotatable bonds is 1. The zero-order chi connectivity index (χ0) is 6.32. The molecule has 0 saturated carbocycles. The average molecular weight is 130 g/mol. The van der Waals surface area contributed by atoms with Crippen LogP contribution in [0.3, 0.4) is 0 Å². The molecular weight excluding hydrogens is 120 g/mol. The Bertz CT molecular complexity index is 113. The minimum atomic E-state index is -0.115. The summed E-state index contributed by atoms with van der Waals surface area (Å²) in [5.41, 5.74) is -0.115. The number of epoxide rings is 1. The molecule has 9 heavy (non-hydrogen) atoms. The first-order valence-electron chi connectivity index (χ1n) is 3.18. The fourth-order valence-corrected chi connectivity index (χ4v) is 0.961. The second-order valence-electron chi connectivity index (χ2n) is 2.67. The topological polar surface area (TPSA) is 31.0 Å². The van der Waals surface area contributed by atoms with Crippen LogP contribution in [0.25, 0.3) is 0 Å². The Labute approximate surface area is 53.9 Å². The molecule has 0 N–H and O–H groups in total. The molecule has 2 saturated heterocycles. The van der Waals surface area contributed by atoms with E-state index < -0.39 is 0 Å². The lowest BCUT2D eigenvalue weighted by molar-refractivity contribution is -0.0894. The summed E-state index contributed by atoms with van der Waals surface area (Å²) in [6.45, 7) is 4.20. The second-order valence-corrected chi connectivity index (χ2v) is 2.67. The summed E-state index contributed by atoms with van der Waals surface area (Å²) >= 11 is 0. The van der Waals surface area contributed by atoms with Crippen molar-refractivity contribution in [2.24, 2.45) is 0 Å². The van der Waals surface area contributed by atoms with Crippen LogP contribution in [0.5, 0.6) is 0 Å². The van der Waals surface area contributed by atoms with Gasteiger partial charge in [0.1, 0.15) is 5.60 Å². The highest BCUT2D eigenvalue weighted by Gasteiger charge is 2.50. The van der Waals surface area contributed by atoms with Crippen molar-refractivity contribution in [2.45, 2.75) is 18.8 Å². The van der Waals surface area contributed by atoms with E-state index in [0.29, 0.717) is 13.2 Å². The summed E-state index contributed by atoms with van der Waals surface area (Å²) in [7, 11) is 0. The van der Waals surface area contributed by atoms with Gasteiger partial charge in [0.15, 0.2) is 6.29 Å². The van der Waals surface area contributed by atoms with Crippen LogP contribution >= 0.6 is 0 Å². The molecule has 0 aromatic carbocycles. The van der Waals surface area contributed by atoms with Crippen LogP contribution < -0.4 is 0 Å². The van der Waals surface area contributed by atoms with Gasteiger partial charge < -0.3 is 14.2 Å². The first-order chi connectivity index (χ1) is 4.31. The highest BCUT2D eigenvalue weighted by atomic mass is 16.8. The highest BCUT2D eigenvalue weighted by Crippen LogP contribution is 2.34. The van der Waals surface area contributed by atoms with E-state index in [-0.39, 0.29) is 11.9 Å². The van der Waals surface area contributed by atoms with Gasteiger partial charge >= 0.3 is 0 Å². The van der Waals surface area contributed by atoms with Gasteiger partial charge in [-0.15, -0.1) is 0 Å². The molecule has 0 aliphatic carbocycles. The third kappa shape index (κ3) is 0.852. The van der Waals surface area contributed by atoms with E-state index in [0.717, 1.165) is 6.61 Å². The second kappa shape index (κ2) is 1.68. The van der Waals surface area contributed by atoms with Gasteiger partial charge in [0.05, 0.1) is 19.8 Å². The lowest BCUT2D eigenvalue weighted by Gasteiger charge is -2.11. The Morgan fingerprint density at radius 3 is 2.33 bits per heavy atom. The van der Waals surface area contributed by atoms with Crippen LogP contribution in [0.4, 0.5) is 0 Å². The molecule has 52 valence electrons. The molecule has 2 heterocycles. The Morgan fingerprint density at radius 1 is 1.33 bits per heavy atom. The van der Waals surface area contributed by atoms with Crippen LogP contribution in [-0.4, -0.2) is 31.7 Å². The van der Waals surface area contributed by atoms with E-state index in [2.05, 4.69) is 0 Å². The van der Waals surface area contributed by atoms with E-state index in [9.17, 15) is 0 Å². The fraction of sp³-hybridized carbons (Fsp3) is 1.00. The normalized spacial score (nSPS) is 43.7. The highest BCUT2D eigenvalue weighted by molar-refractivity contribution is 4.91. The van der Waals surface area contributed by atoms with Crippen molar-refractivity contribution in [3.05, 3.63) is 0 Å². The van der Waals surface area contributed by atoms with Crippen molar-refractivity contribution in [2.75, 3.05) is 19.8 Å². The molecular formula is C6H10O3. The van der Waals surface area contributed by atoms with Gasteiger partial charge in [0.25, 0.3) is 0 Å². The van der Waals surface area contributed by atoms with Crippen LogP contribution in [0, 0.1) is 0 Å². The lowest BCUT2D eigenvalue weighted by Crippen LogP contribution is -2.27. The van der Waals surface area contributed by atoms with Crippen molar-refractivity contribution < 1.29 is 14.2 Å². The fourth-order valence-electron chi connectivity index (χ4n) is 0.961. The molecule has 1 atom stereocenters. The predicted molar refractivity (Wildman–Crippen MR) is 30.0 cm³/mol. The van der Waals surface area contributed by atoms with E-state index in [1.807, 2.05) is 6.92 Å². The van der Waals surface area contributed by atoms with E-state index >= 15 is 0 Å². The molecule has 2 rings (SSSR count). The van der Waals surface area contributed by atoms with E-state index in [1.54, 1.807) is 0 Å². The third-order valence-corrected chi connectivity index (χ3v) is 1.72. The van der Waals surface area contributed by atoms with Gasteiger partial charge in [-0.3, -0.25) is 0 Å². The van der Waals surface area contributed by atoms with Crippen molar-refractivity contribution in [3.8, 4) is 0 Å². The Kier molecular flexibility index (Phi) is 1.06. The van der Waals surface area contributed by atoms with Crippen LogP contribution in [0.15, 0.2) is 0 Å². The molecule has 2 aliphatic rings. The number of ether oxygens (including phenoxy) is 3. The quantitative estimate of drug-likeness (QED) is 0.473. The maximum atomic E-state index is 5.23. The summed E-state index contributed by atoms with van der Waals surface area (Å²) in [6, 6.07) is 0. The lowest BCUT2D eigenvalue weighted by atomic mass is 10.2. The van der Waals surface area contributed by atoms with Crippen LogP contribution in [-0.2, 0) is 14.2 Å². The van der Waals surface area contributed by atoms with Crippen LogP contribution in [0.1, 0.15) is 6.92 Å². The summed E-state index contributed by atoms with van der Waals surface area (Å²) < 4.78 is 15.6. The first-order valence-corrected chi connectivity index (χ1v) is 3.18. The minimum absolute atomic E-state index is 0.0995. The zero-order valence-corrected chi connectivity index (χ0v) is 5.42. The molecule has 2 aliphatic heterocycles. The maximum Gasteiger partial charge on any atom is 0.188 e. The Morgan fingerprint density at radius 2 is 1.89 bits per heavy atom. The molecule has 2 fully saturated rings. The van der Waals surface area contributed by atoms with Crippen LogP contribution in [0.2, 0.25) is 0 Å². The Hall–Kier alpha value is -0.120. The van der Waals surface area contributed by atoms with E-state index in [1.165, 1.54) is 0 Å². The smallest absolute Gasteiger partial charge is 0.188 e. The van der Waals surface area contributed by atoms with Gasteiger partial charge in [-0.1, -0.05) is 0 Å². The maximum absolute atomic E-state index is 5.23. The zero-order valence-electron chi connectivity index (χ0n) is 5.42. The van der Waals surface area contributed by atoms with Gasteiger partial charge in [0.2, 0.25) is 0 Å². The molecule has 3 heteroatoms. The minimum Gasteiger partial charge on any atom is -0.364 e. The summed E-state index contributed by atoms with van der Waals surface area (Å²) in [5, 5.41) is 0. The standard InChI is InChI=1S/C6H10O3/c1-6(4-9-6)5-7-2-3-8-5/h5H,2-4H2,1H3. The van der Waals surface area contributed by atoms with Crippen molar-refractivity contribution in [1.29, 1.82) is 0 Å². The largest absolute Gasteiger partial charge is 0.364 e. The molecule has 0 aromatic rings. The summed E-state index contributed by atoms with van der Waals surface area (Å²) in [4.78, 5) is 0. The first kappa shape index (κ1) is 5.65. The molecule has 0 spiro atoms. The van der Waals surface area contributed by atoms with Crippen molar-refractivity contribution in [3.63, 3.8) is 0 Å².